The van der Waals surface area contributed by atoms with Crippen molar-refractivity contribution in [2.24, 2.45) is 0 Å². The summed E-state index contributed by atoms with van der Waals surface area (Å²) in [6, 6.07) is 8.41. The van der Waals surface area contributed by atoms with Crippen molar-refractivity contribution in [1.29, 1.82) is 0 Å². The van der Waals surface area contributed by atoms with Gasteiger partial charge < -0.3 is 9.84 Å². The average molecular weight is 261 g/mol. The van der Waals surface area contributed by atoms with Gasteiger partial charge in [0.1, 0.15) is 12.4 Å². The Morgan fingerprint density at radius 3 is 3.00 bits per heavy atom. The van der Waals surface area contributed by atoms with Crippen LogP contribution in [0.25, 0.3) is 0 Å². The van der Waals surface area contributed by atoms with E-state index in [0.717, 1.165) is 25.3 Å². The molecule has 0 radical (unpaired) electrons. The Labute approximate surface area is 115 Å². The van der Waals surface area contributed by atoms with Crippen LogP contribution in [0.3, 0.4) is 0 Å². The van der Waals surface area contributed by atoms with Crippen LogP contribution in [0.1, 0.15) is 24.8 Å². The Kier molecular flexibility index (Phi) is 5.43. The first kappa shape index (κ1) is 14.1. The highest BCUT2D eigenvalue weighted by molar-refractivity contribution is 5.33. The molecule has 1 N–H and O–H groups in total. The first-order chi connectivity index (χ1) is 9.35. The summed E-state index contributed by atoms with van der Waals surface area (Å²) in [5.41, 5.74) is 1.18. The van der Waals surface area contributed by atoms with Crippen LogP contribution in [0, 0.1) is 0 Å². The van der Waals surface area contributed by atoms with Crippen molar-refractivity contribution in [3.05, 3.63) is 42.5 Å². The van der Waals surface area contributed by atoms with Crippen molar-refractivity contribution in [2.75, 3.05) is 19.8 Å². The molecule has 1 fully saturated rings. The summed E-state index contributed by atoms with van der Waals surface area (Å²) in [6.07, 6.45) is 5.28. The maximum absolute atomic E-state index is 9.46. The molecule has 0 aliphatic carbocycles. The summed E-state index contributed by atoms with van der Waals surface area (Å²) in [7, 11) is 0. The Morgan fingerprint density at radius 2 is 2.21 bits per heavy atom. The van der Waals surface area contributed by atoms with Gasteiger partial charge in [0.25, 0.3) is 0 Å². The van der Waals surface area contributed by atoms with Crippen molar-refractivity contribution in [1.82, 2.24) is 4.90 Å². The van der Waals surface area contributed by atoms with Crippen molar-refractivity contribution in [2.45, 2.75) is 31.8 Å². The third kappa shape index (κ3) is 3.82. The number of hydrogen-bond donors (Lipinski definition) is 1. The third-order valence-corrected chi connectivity index (χ3v) is 3.66. The van der Waals surface area contributed by atoms with Gasteiger partial charge in [-0.2, -0.15) is 0 Å². The topological polar surface area (TPSA) is 32.7 Å². The fourth-order valence-electron chi connectivity index (χ4n) is 2.62. The maximum atomic E-state index is 9.46. The Balaban J connectivity index is 2.06. The molecule has 3 heteroatoms. The minimum atomic E-state index is 0.246. The fourth-order valence-corrected chi connectivity index (χ4v) is 2.62. The highest BCUT2D eigenvalue weighted by atomic mass is 16.5. The van der Waals surface area contributed by atoms with Crippen LogP contribution in [-0.4, -0.2) is 35.8 Å². The number of benzene rings is 1. The Morgan fingerprint density at radius 1 is 1.37 bits per heavy atom. The molecule has 0 amide bonds. The number of nitrogens with zero attached hydrogens (tertiary/aromatic N) is 1. The predicted octanol–water partition coefficient (Wildman–Crippen LogP) is 2.60. The van der Waals surface area contributed by atoms with Crippen LogP contribution >= 0.6 is 0 Å². The molecule has 1 atom stereocenters. The zero-order chi connectivity index (χ0) is 13.5. The lowest BCUT2D eigenvalue weighted by Crippen LogP contribution is -2.41. The van der Waals surface area contributed by atoms with Gasteiger partial charge in [0, 0.05) is 18.2 Å². The fraction of sp³-hybridized carbons (Fsp3) is 0.500. The number of ether oxygens (including phenoxy) is 1. The van der Waals surface area contributed by atoms with E-state index in [9.17, 15) is 5.11 Å². The molecule has 0 saturated carbocycles. The van der Waals surface area contributed by atoms with Crippen LogP contribution in [0.4, 0.5) is 0 Å². The summed E-state index contributed by atoms with van der Waals surface area (Å²) in [6.45, 7) is 6.35. The molecule has 1 aromatic rings. The quantitative estimate of drug-likeness (QED) is 0.799. The second-order valence-corrected chi connectivity index (χ2v) is 5.01. The standard InChI is InChI=1S/C16H23NO2/c1-2-11-19-16-9-4-3-7-14(16)12-17-10-6-5-8-15(17)13-18/h2-4,7,9,15,18H,1,5-6,8,10-13H2/t15-/m0/s1. The second-order valence-electron chi connectivity index (χ2n) is 5.01. The first-order valence-corrected chi connectivity index (χ1v) is 7.01. The molecule has 0 spiro atoms. The first-order valence-electron chi connectivity index (χ1n) is 7.01. The number of likely N-dealkylation sites (tertiary alicyclic amines) is 1. The summed E-state index contributed by atoms with van der Waals surface area (Å²) in [4.78, 5) is 2.36. The maximum Gasteiger partial charge on any atom is 0.124 e. The number of para-hydroxylation sites is 1. The third-order valence-electron chi connectivity index (χ3n) is 3.66. The molecule has 0 aromatic heterocycles. The average Bonchev–Trinajstić information content (AvgIpc) is 2.47. The van der Waals surface area contributed by atoms with E-state index in [1.165, 1.54) is 18.4 Å². The molecule has 2 rings (SSSR count). The van der Waals surface area contributed by atoms with E-state index in [2.05, 4.69) is 17.5 Å². The van der Waals surface area contributed by atoms with Crippen molar-refractivity contribution >= 4 is 0 Å². The molecule has 19 heavy (non-hydrogen) atoms. The van der Waals surface area contributed by atoms with Gasteiger partial charge in [-0.05, 0) is 25.5 Å². The van der Waals surface area contributed by atoms with Gasteiger partial charge in [0.2, 0.25) is 0 Å². The van der Waals surface area contributed by atoms with Crippen molar-refractivity contribution < 1.29 is 9.84 Å². The molecule has 3 nitrogen and oxygen atoms in total. The van der Waals surface area contributed by atoms with Gasteiger partial charge in [0.05, 0.1) is 6.61 Å². The van der Waals surface area contributed by atoms with E-state index < -0.39 is 0 Å². The van der Waals surface area contributed by atoms with Crippen LogP contribution in [-0.2, 0) is 6.54 Å². The monoisotopic (exact) mass is 261 g/mol. The number of hydrogen-bond acceptors (Lipinski definition) is 3. The van der Waals surface area contributed by atoms with Crippen molar-refractivity contribution in [3.8, 4) is 5.75 Å². The number of aliphatic hydroxyl groups is 1. The molecule has 1 heterocycles. The summed E-state index contributed by atoms with van der Waals surface area (Å²) < 4.78 is 5.69. The molecule has 1 aliphatic rings. The lowest BCUT2D eigenvalue weighted by molar-refractivity contribution is 0.0833. The van der Waals surface area contributed by atoms with E-state index in [1.54, 1.807) is 6.08 Å². The number of piperidine rings is 1. The zero-order valence-corrected chi connectivity index (χ0v) is 11.4. The van der Waals surface area contributed by atoms with Crippen LogP contribution in [0.15, 0.2) is 36.9 Å². The molecular formula is C16H23NO2. The lowest BCUT2D eigenvalue weighted by Gasteiger charge is -2.34. The van der Waals surface area contributed by atoms with E-state index in [4.69, 9.17) is 4.74 Å². The van der Waals surface area contributed by atoms with Gasteiger partial charge in [0.15, 0.2) is 0 Å². The van der Waals surface area contributed by atoms with E-state index in [0.29, 0.717) is 12.6 Å². The van der Waals surface area contributed by atoms with Gasteiger partial charge in [-0.15, -0.1) is 0 Å². The van der Waals surface area contributed by atoms with Crippen LogP contribution in [0.2, 0.25) is 0 Å². The largest absolute Gasteiger partial charge is 0.489 e. The van der Waals surface area contributed by atoms with Gasteiger partial charge >= 0.3 is 0 Å². The normalized spacial score (nSPS) is 20.2. The van der Waals surface area contributed by atoms with E-state index in [1.807, 2.05) is 18.2 Å². The molecule has 104 valence electrons. The second kappa shape index (κ2) is 7.31. The van der Waals surface area contributed by atoms with Gasteiger partial charge in [-0.1, -0.05) is 37.3 Å². The van der Waals surface area contributed by atoms with Crippen LogP contribution < -0.4 is 4.74 Å². The summed E-state index contributed by atoms with van der Waals surface area (Å²) in [5.74, 6) is 0.921. The van der Waals surface area contributed by atoms with Gasteiger partial charge in [-0.3, -0.25) is 4.90 Å². The Bertz CT molecular complexity index is 405. The number of aliphatic hydroxyl groups excluding tert-OH is 1. The number of rotatable bonds is 6. The highest BCUT2D eigenvalue weighted by Crippen LogP contribution is 2.24. The zero-order valence-electron chi connectivity index (χ0n) is 11.4. The van der Waals surface area contributed by atoms with Crippen LogP contribution in [0.5, 0.6) is 5.75 Å². The summed E-state index contributed by atoms with van der Waals surface area (Å²) in [5, 5.41) is 9.46. The predicted molar refractivity (Wildman–Crippen MR) is 77.3 cm³/mol. The minimum absolute atomic E-state index is 0.246. The van der Waals surface area contributed by atoms with E-state index in [-0.39, 0.29) is 6.61 Å². The molecule has 1 aliphatic heterocycles. The highest BCUT2D eigenvalue weighted by Gasteiger charge is 2.22. The molecular weight excluding hydrogens is 238 g/mol. The van der Waals surface area contributed by atoms with Crippen molar-refractivity contribution in [3.63, 3.8) is 0 Å². The molecule has 0 unspecified atom stereocenters. The Hall–Kier alpha value is -1.32. The lowest BCUT2D eigenvalue weighted by atomic mass is 10.0. The van der Waals surface area contributed by atoms with Gasteiger partial charge in [-0.25, -0.2) is 0 Å². The molecule has 1 aromatic carbocycles. The smallest absolute Gasteiger partial charge is 0.124 e. The SMILES string of the molecule is C=CCOc1ccccc1CN1CCCC[C@H]1CO. The van der Waals surface area contributed by atoms with E-state index >= 15 is 0 Å². The summed E-state index contributed by atoms with van der Waals surface area (Å²) >= 11 is 0. The minimum Gasteiger partial charge on any atom is -0.489 e. The molecule has 1 saturated heterocycles. The molecule has 0 bridgehead atoms.